The Balaban J connectivity index is 4.43. The minimum absolute atomic E-state index is 0.101. The zero-order chi connectivity index (χ0) is 45.1. The Kier molecular flexibility index (Phi) is 47.5. The molecule has 0 rings (SSSR count). The highest BCUT2D eigenvalue weighted by Gasteiger charge is 2.19. The van der Waals surface area contributed by atoms with E-state index in [1.165, 1.54) is 109 Å². The molecule has 0 aliphatic carbocycles. The van der Waals surface area contributed by atoms with Crippen LogP contribution in [-0.2, 0) is 28.6 Å². The molecule has 0 bridgehead atoms. The normalized spacial score (nSPS) is 12.8. The second kappa shape index (κ2) is 50.2. The van der Waals surface area contributed by atoms with Gasteiger partial charge in [-0.2, -0.15) is 0 Å². The van der Waals surface area contributed by atoms with E-state index in [4.69, 9.17) is 14.2 Å². The van der Waals surface area contributed by atoms with Crippen LogP contribution in [0.2, 0.25) is 0 Å². The topological polar surface area (TPSA) is 78.9 Å². The summed E-state index contributed by atoms with van der Waals surface area (Å²) in [4.78, 5) is 37.9. The molecule has 0 aliphatic rings. The van der Waals surface area contributed by atoms with Gasteiger partial charge in [-0.05, 0) is 57.8 Å². The molecule has 354 valence electrons. The minimum atomic E-state index is -0.807. The molecule has 0 aromatic carbocycles. The molecule has 0 saturated carbocycles. The van der Waals surface area contributed by atoms with Gasteiger partial charge in [0.05, 0.1) is 0 Å². The first-order valence-corrected chi connectivity index (χ1v) is 25.7. The zero-order valence-corrected chi connectivity index (χ0v) is 40.4. The van der Waals surface area contributed by atoms with Crippen LogP contribution in [-0.4, -0.2) is 37.2 Å². The summed E-state index contributed by atoms with van der Waals surface area (Å²) < 4.78 is 16.7. The van der Waals surface area contributed by atoms with E-state index in [0.29, 0.717) is 19.3 Å². The largest absolute Gasteiger partial charge is 0.462 e. The van der Waals surface area contributed by atoms with Gasteiger partial charge in [0.1, 0.15) is 13.2 Å². The van der Waals surface area contributed by atoms with Crippen molar-refractivity contribution in [2.45, 2.75) is 239 Å². The number of rotatable bonds is 45. The monoisotopic (exact) mass is 863 g/mol. The lowest BCUT2D eigenvalue weighted by Crippen LogP contribution is -2.30. The Labute approximate surface area is 382 Å². The van der Waals surface area contributed by atoms with Crippen LogP contribution in [0.25, 0.3) is 0 Å². The summed E-state index contributed by atoms with van der Waals surface area (Å²) in [7, 11) is 0. The molecule has 6 nitrogen and oxygen atoms in total. The highest BCUT2D eigenvalue weighted by molar-refractivity contribution is 5.71. The van der Waals surface area contributed by atoms with E-state index < -0.39 is 6.10 Å². The van der Waals surface area contributed by atoms with Gasteiger partial charge in [-0.25, -0.2) is 0 Å². The van der Waals surface area contributed by atoms with Crippen LogP contribution in [0.4, 0.5) is 0 Å². The van der Waals surface area contributed by atoms with E-state index in [0.717, 1.165) is 77.0 Å². The summed E-state index contributed by atoms with van der Waals surface area (Å²) in [5.74, 6) is -0.973. The highest BCUT2D eigenvalue weighted by atomic mass is 16.6. The van der Waals surface area contributed by atoms with Gasteiger partial charge in [0.2, 0.25) is 0 Å². The SMILES string of the molecule is CC\C=C/C=C\C=C/C=C\C=C/CCCCCC(=O)OC(COC(=O)CCCCC/C=C\C=C/CCCC)COC(=O)CCCCCCCCCCCCCCCCCCCC. The first kappa shape index (κ1) is 58.6. The van der Waals surface area contributed by atoms with E-state index >= 15 is 0 Å². The molecule has 1 atom stereocenters. The Morgan fingerprint density at radius 1 is 0.339 bits per heavy atom. The van der Waals surface area contributed by atoms with Crippen molar-refractivity contribution in [1.29, 1.82) is 0 Å². The number of ether oxygens (including phenoxy) is 3. The third kappa shape index (κ3) is 47.6. The fraction of sp³-hybridized carbons (Fsp3) is 0.696. The Bertz CT molecular complexity index is 1220. The molecular formula is C56H94O6. The summed E-state index contributed by atoms with van der Waals surface area (Å²) in [6.07, 6.45) is 64.3. The number of carbonyl (C=O) groups is 3. The molecule has 62 heavy (non-hydrogen) atoms. The van der Waals surface area contributed by atoms with Crippen LogP contribution >= 0.6 is 0 Å². The van der Waals surface area contributed by atoms with Crippen molar-refractivity contribution in [3.63, 3.8) is 0 Å². The molecule has 0 aromatic heterocycles. The average molecular weight is 863 g/mol. The Morgan fingerprint density at radius 2 is 0.645 bits per heavy atom. The van der Waals surface area contributed by atoms with Gasteiger partial charge >= 0.3 is 17.9 Å². The van der Waals surface area contributed by atoms with Crippen molar-refractivity contribution in [2.75, 3.05) is 13.2 Å². The van der Waals surface area contributed by atoms with Crippen LogP contribution in [0.15, 0.2) is 85.1 Å². The maximum absolute atomic E-state index is 12.8. The maximum Gasteiger partial charge on any atom is 0.306 e. The molecule has 0 aliphatic heterocycles. The molecular weight excluding hydrogens is 769 g/mol. The van der Waals surface area contributed by atoms with Crippen molar-refractivity contribution >= 4 is 17.9 Å². The molecule has 6 heteroatoms. The second-order valence-electron chi connectivity index (χ2n) is 16.9. The predicted octanol–water partition coefficient (Wildman–Crippen LogP) is 16.8. The van der Waals surface area contributed by atoms with Crippen LogP contribution in [0, 0.1) is 0 Å². The van der Waals surface area contributed by atoms with Crippen molar-refractivity contribution in [3.05, 3.63) is 85.1 Å². The quantitative estimate of drug-likeness (QED) is 0.0263. The van der Waals surface area contributed by atoms with E-state index in [-0.39, 0.29) is 37.5 Å². The van der Waals surface area contributed by atoms with Crippen LogP contribution in [0.3, 0.4) is 0 Å². The molecule has 0 spiro atoms. The van der Waals surface area contributed by atoms with Gasteiger partial charge in [0, 0.05) is 19.3 Å². The van der Waals surface area contributed by atoms with Crippen LogP contribution < -0.4 is 0 Å². The van der Waals surface area contributed by atoms with Gasteiger partial charge in [0.25, 0.3) is 0 Å². The Morgan fingerprint density at radius 3 is 1.05 bits per heavy atom. The van der Waals surface area contributed by atoms with Crippen molar-refractivity contribution in [2.24, 2.45) is 0 Å². The molecule has 0 N–H and O–H groups in total. The number of carbonyl (C=O) groups excluding carboxylic acids is 3. The number of unbranched alkanes of at least 4 members (excludes halogenated alkanes) is 25. The van der Waals surface area contributed by atoms with E-state index in [1.807, 2.05) is 48.6 Å². The average Bonchev–Trinajstić information content (AvgIpc) is 3.27. The van der Waals surface area contributed by atoms with Crippen molar-refractivity contribution in [1.82, 2.24) is 0 Å². The molecule has 0 aromatic rings. The third-order valence-electron chi connectivity index (χ3n) is 10.8. The standard InChI is InChI=1S/C56H94O6/c1-4-7-10-13-16-19-22-24-26-27-28-30-31-34-37-40-43-46-49-55(58)61-52-53(51-60-54(57)48-45-42-39-36-33-21-18-15-12-9-6-3)62-56(59)50-47-44-41-38-35-32-29-25-23-20-17-14-11-8-5-2/h8,11,14-15,17-18,20-21,23,25,29,32-33,35,53H,4-7,9-10,12-13,16,19,22,24,26-28,30-31,34,36-52H2,1-3H3/b11-8-,17-14-,18-15-,23-20-,29-25-,33-21-,35-32-. The highest BCUT2D eigenvalue weighted by Crippen LogP contribution is 2.15. The lowest BCUT2D eigenvalue weighted by molar-refractivity contribution is -0.167. The van der Waals surface area contributed by atoms with Gasteiger partial charge in [-0.15, -0.1) is 0 Å². The number of allylic oxidation sites excluding steroid dienone is 14. The van der Waals surface area contributed by atoms with Gasteiger partial charge in [0.15, 0.2) is 6.10 Å². The molecule has 0 radical (unpaired) electrons. The third-order valence-corrected chi connectivity index (χ3v) is 10.8. The number of hydrogen-bond acceptors (Lipinski definition) is 6. The first-order chi connectivity index (χ1) is 30.5. The zero-order valence-electron chi connectivity index (χ0n) is 40.4. The van der Waals surface area contributed by atoms with E-state index in [9.17, 15) is 14.4 Å². The molecule has 0 saturated heterocycles. The summed E-state index contributed by atoms with van der Waals surface area (Å²) >= 11 is 0. The Hall–Kier alpha value is -3.41. The summed E-state index contributed by atoms with van der Waals surface area (Å²) in [5, 5.41) is 0. The van der Waals surface area contributed by atoms with Crippen molar-refractivity contribution in [3.8, 4) is 0 Å². The second-order valence-corrected chi connectivity index (χ2v) is 16.9. The van der Waals surface area contributed by atoms with Gasteiger partial charge in [-0.1, -0.05) is 241 Å². The molecule has 0 fully saturated rings. The minimum Gasteiger partial charge on any atom is -0.462 e. The van der Waals surface area contributed by atoms with E-state index in [1.54, 1.807) is 0 Å². The van der Waals surface area contributed by atoms with Gasteiger partial charge < -0.3 is 14.2 Å². The summed E-state index contributed by atoms with van der Waals surface area (Å²) in [6, 6.07) is 0. The fourth-order valence-corrected chi connectivity index (χ4v) is 6.91. The predicted molar refractivity (Wildman–Crippen MR) is 265 cm³/mol. The molecule has 0 amide bonds. The van der Waals surface area contributed by atoms with Gasteiger partial charge in [-0.3, -0.25) is 14.4 Å². The maximum atomic E-state index is 12.8. The summed E-state index contributed by atoms with van der Waals surface area (Å²) in [6.45, 7) is 6.38. The number of hydrogen-bond donors (Lipinski definition) is 0. The fourth-order valence-electron chi connectivity index (χ4n) is 6.91. The van der Waals surface area contributed by atoms with Crippen LogP contribution in [0.5, 0.6) is 0 Å². The lowest BCUT2D eigenvalue weighted by atomic mass is 10.0. The lowest BCUT2D eigenvalue weighted by Gasteiger charge is -2.18. The summed E-state index contributed by atoms with van der Waals surface area (Å²) in [5.41, 5.74) is 0. The van der Waals surface area contributed by atoms with E-state index in [2.05, 4.69) is 57.2 Å². The molecule has 0 heterocycles. The smallest absolute Gasteiger partial charge is 0.306 e. The van der Waals surface area contributed by atoms with Crippen LogP contribution in [0.1, 0.15) is 233 Å². The van der Waals surface area contributed by atoms with Crippen molar-refractivity contribution < 1.29 is 28.6 Å². The molecule has 1 unspecified atom stereocenters. The number of esters is 3. The first-order valence-electron chi connectivity index (χ1n) is 25.7.